The van der Waals surface area contributed by atoms with Crippen LogP contribution in [0.1, 0.15) is 28.7 Å². The van der Waals surface area contributed by atoms with Crippen LogP contribution in [0.4, 0.5) is 18.9 Å². The molecule has 2 aromatic carbocycles. The highest BCUT2D eigenvalue weighted by atomic mass is 35.5. The fraction of sp³-hybridized carbons (Fsp3) is 0.259. The predicted molar refractivity (Wildman–Crippen MR) is 136 cm³/mol. The fourth-order valence-corrected chi connectivity index (χ4v) is 4.66. The average Bonchev–Trinajstić information content (AvgIpc) is 2.92. The number of carbonyl (C=O) groups is 1. The number of nitrogens with zero attached hydrogens (tertiary/aromatic N) is 2. The summed E-state index contributed by atoms with van der Waals surface area (Å²) < 4.78 is 65.9. The number of aliphatic hydroxyl groups is 1. The summed E-state index contributed by atoms with van der Waals surface area (Å²) in [5, 5.41) is 11.2. The molecule has 1 saturated heterocycles. The number of anilines is 1. The minimum atomic E-state index is -4.93. The zero-order valence-corrected chi connectivity index (χ0v) is 21.3. The number of halogens is 4. The number of carbonyl (C=O) groups excluding carboxylic acids is 1. The van der Waals surface area contributed by atoms with Gasteiger partial charge in [0.15, 0.2) is 11.5 Å². The van der Waals surface area contributed by atoms with Gasteiger partial charge in [-0.15, -0.1) is 0 Å². The Balaban J connectivity index is 1.72. The molecular weight excluding hydrogens is 541 g/mol. The fourth-order valence-electron chi connectivity index (χ4n) is 4.45. The molecule has 0 aliphatic carbocycles. The highest BCUT2D eigenvalue weighted by Crippen LogP contribution is 2.46. The van der Waals surface area contributed by atoms with Crippen LogP contribution in [0.15, 0.2) is 54.7 Å². The largest absolute Gasteiger partial charge is 0.505 e. The zero-order chi connectivity index (χ0) is 27.7. The molecular formula is C27H22ClF3N2O6. The van der Waals surface area contributed by atoms with Crippen LogP contribution < -0.4 is 14.4 Å². The van der Waals surface area contributed by atoms with E-state index in [-0.39, 0.29) is 48.5 Å². The number of benzene rings is 2. The number of morpholine rings is 1. The van der Waals surface area contributed by atoms with Crippen LogP contribution in [-0.4, -0.2) is 49.5 Å². The van der Waals surface area contributed by atoms with E-state index in [9.17, 15) is 23.1 Å². The Kier molecular flexibility index (Phi) is 7.28. The van der Waals surface area contributed by atoms with Gasteiger partial charge in [-0.25, -0.2) is 9.78 Å². The topological polar surface area (TPSA) is 90.4 Å². The van der Waals surface area contributed by atoms with Crippen molar-refractivity contribution >= 4 is 34.6 Å². The van der Waals surface area contributed by atoms with Crippen molar-refractivity contribution in [3.05, 3.63) is 82.1 Å². The first-order valence-corrected chi connectivity index (χ1v) is 12.2. The van der Waals surface area contributed by atoms with E-state index in [0.29, 0.717) is 11.3 Å². The third-order valence-corrected chi connectivity index (χ3v) is 6.48. The van der Waals surface area contributed by atoms with Crippen LogP contribution in [0.2, 0.25) is 5.02 Å². The first-order chi connectivity index (χ1) is 18.7. The molecule has 2 aliphatic rings. The first kappa shape index (κ1) is 26.6. The molecule has 1 unspecified atom stereocenters. The summed E-state index contributed by atoms with van der Waals surface area (Å²) in [6.07, 6.45) is -4.99. The Bertz CT molecular complexity index is 1420. The lowest BCUT2D eigenvalue weighted by atomic mass is 9.94. The lowest BCUT2D eigenvalue weighted by Gasteiger charge is -2.32. The predicted octanol–water partition coefficient (Wildman–Crippen LogP) is 5.66. The Labute approximate surface area is 226 Å². The molecule has 1 N–H and O–H groups in total. The van der Waals surface area contributed by atoms with Gasteiger partial charge in [0.1, 0.15) is 17.0 Å². The average molecular weight is 563 g/mol. The highest BCUT2D eigenvalue weighted by Gasteiger charge is 2.42. The van der Waals surface area contributed by atoms with Crippen molar-refractivity contribution in [3.63, 3.8) is 0 Å². The highest BCUT2D eigenvalue weighted by molar-refractivity contribution is 6.32. The van der Waals surface area contributed by atoms with E-state index in [0.717, 1.165) is 6.07 Å². The van der Waals surface area contributed by atoms with Crippen molar-refractivity contribution in [2.24, 2.45) is 0 Å². The number of esters is 1. The van der Waals surface area contributed by atoms with Gasteiger partial charge in [-0.3, -0.25) is 0 Å². The summed E-state index contributed by atoms with van der Waals surface area (Å²) in [6.45, 7) is 0.785. The van der Waals surface area contributed by atoms with Crippen LogP contribution in [0.5, 0.6) is 11.5 Å². The molecule has 1 fully saturated rings. The van der Waals surface area contributed by atoms with E-state index in [1.807, 2.05) is 0 Å². The molecule has 12 heteroatoms. The number of alkyl halides is 3. The van der Waals surface area contributed by atoms with Gasteiger partial charge in [0.2, 0.25) is 0 Å². The number of rotatable bonds is 4. The number of fused-ring (bicyclic) bond motifs is 1. The van der Waals surface area contributed by atoms with Gasteiger partial charge >= 0.3 is 12.1 Å². The van der Waals surface area contributed by atoms with Crippen molar-refractivity contribution in [2.75, 3.05) is 38.3 Å². The Hall–Kier alpha value is -3.96. The number of hydrogen-bond acceptors (Lipinski definition) is 8. The molecule has 1 atom stereocenters. The molecule has 39 heavy (non-hydrogen) atoms. The molecule has 0 amide bonds. The van der Waals surface area contributed by atoms with Gasteiger partial charge < -0.3 is 29.0 Å². The van der Waals surface area contributed by atoms with Crippen LogP contribution in [0.3, 0.4) is 0 Å². The number of aromatic nitrogens is 1. The van der Waals surface area contributed by atoms with Gasteiger partial charge in [0.25, 0.3) is 6.29 Å². The number of cyclic esters (lactones) is 1. The summed E-state index contributed by atoms with van der Waals surface area (Å²) in [5.41, 5.74) is -2.65. The lowest BCUT2D eigenvalue weighted by Crippen LogP contribution is -2.37. The van der Waals surface area contributed by atoms with Gasteiger partial charge in [0, 0.05) is 35.4 Å². The minimum Gasteiger partial charge on any atom is -0.505 e. The van der Waals surface area contributed by atoms with Gasteiger partial charge in [-0.1, -0.05) is 11.6 Å². The minimum absolute atomic E-state index is 0.00944. The quantitative estimate of drug-likeness (QED) is 0.408. The van der Waals surface area contributed by atoms with E-state index in [4.69, 9.17) is 30.5 Å². The van der Waals surface area contributed by atoms with Crippen LogP contribution >= 0.6 is 11.6 Å². The molecule has 0 saturated carbocycles. The maximum Gasteiger partial charge on any atom is 0.419 e. The second-order valence-corrected chi connectivity index (χ2v) is 9.08. The number of aliphatic hydroxyl groups excluding tert-OH is 1. The molecule has 204 valence electrons. The molecule has 1 aromatic heterocycles. The number of hydrogen-bond donors (Lipinski definition) is 1. The Morgan fingerprint density at radius 2 is 1.82 bits per heavy atom. The van der Waals surface area contributed by atoms with Crippen LogP contribution in [-0.2, 0) is 20.4 Å². The summed E-state index contributed by atoms with van der Waals surface area (Å²) in [7, 11) is 1.48. The summed E-state index contributed by atoms with van der Waals surface area (Å²) in [4.78, 5) is 19.1. The van der Waals surface area contributed by atoms with E-state index >= 15 is 0 Å². The van der Waals surface area contributed by atoms with Crippen molar-refractivity contribution in [2.45, 2.75) is 12.5 Å². The normalized spacial score (nSPS) is 19.9. The molecule has 5 rings (SSSR count). The lowest BCUT2D eigenvalue weighted by molar-refractivity contribution is -0.157. The van der Waals surface area contributed by atoms with E-state index in [2.05, 4.69) is 4.98 Å². The first-order valence-electron chi connectivity index (χ1n) is 11.8. The molecule has 3 aromatic rings. The van der Waals surface area contributed by atoms with E-state index in [1.165, 1.54) is 36.4 Å². The van der Waals surface area contributed by atoms with Crippen molar-refractivity contribution in [1.29, 1.82) is 0 Å². The van der Waals surface area contributed by atoms with Crippen molar-refractivity contribution < 1.29 is 42.0 Å². The molecule has 0 radical (unpaired) electrons. The zero-order valence-electron chi connectivity index (χ0n) is 20.5. The van der Waals surface area contributed by atoms with Gasteiger partial charge in [-0.05, 0) is 48.5 Å². The van der Waals surface area contributed by atoms with Crippen LogP contribution in [0.25, 0.3) is 11.3 Å². The standard InChI is InChI=1S/C27H22ClF3N2O6/c1-36-17-6-4-15(5-7-17)26-38-20-3-2-8-32-23(20)24(34)21(25(35)39-26)18-13-16(28)14-19(22(18)27(29,30)31)33-9-11-37-12-10-33/h2-8,13-14,26,34H,9-12H2,1H3/b24-21+. The second-order valence-electron chi connectivity index (χ2n) is 8.65. The number of pyridine rings is 1. The van der Waals surface area contributed by atoms with Crippen molar-refractivity contribution in [3.8, 4) is 11.5 Å². The van der Waals surface area contributed by atoms with Crippen molar-refractivity contribution in [1.82, 2.24) is 4.98 Å². The monoisotopic (exact) mass is 562 g/mol. The molecule has 2 aliphatic heterocycles. The van der Waals surface area contributed by atoms with Gasteiger partial charge in [0.05, 0.1) is 31.6 Å². The van der Waals surface area contributed by atoms with Crippen LogP contribution in [0, 0.1) is 0 Å². The maximum absolute atomic E-state index is 14.7. The summed E-state index contributed by atoms with van der Waals surface area (Å²) in [5.74, 6) is -1.58. The Morgan fingerprint density at radius 1 is 1.10 bits per heavy atom. The molecule has 0 spiro atoms. The summed E-state index contributed by atoms with van der Waals surface area (Å²) >= 11 is 6.30. The number of methoxy groups -OCH3 is 1. The summed E-state index contributed by atoms with van der Waals surface area (Å²) in [6, 6.07) is 11.5. The maximum atomic E-state index is 14.7. The SMILES string of the molecule is COc1ccc(C2OC(=O)/C(c3cc(Cl)cc(N4CCOCC4)c3C(F)(F)F)=C(/O)c3ncccc3O2)cc1. The second kappa shape index (κ2) is 10.7. The molecule has 3 heterocycles. The molecule has 8 nitrogen and oxygen atoms in total. The third kappa shape index (κ3) is 5.32. The van der Waals surface area contributed by atoms with Gasteiger partial charge in [-0.2, -0.15) is 13.2 Å². The smallest absolute Gasteiger partial charge is 0.419 e. The number of ether oxygens (including phenoxy) is 4. The van der Waals surface area contributed by atoms with E-state index < -0.39 is 40.9 Å². The Morgan fingerprint density at radius 3 is 2.49 bits per heavy atom. The third-order valence-electron chi connectivity index (χ3n) is 6.26. The molecule has 0 bridgehead atoms. The van der Waals surface area contributed by atoms with E-state index in [1.54, 1.807) is 24.3 Å².